The first kappa shape index (κ1) is 16.2. The van der Waals surface area contributed by atoms with Gasteiger partial charge in [0.25, 0.3) is 0 Å². The Labute approximate surface area is 118 Å². The standard InChI is InChI=1S/C17H29NO/c1-6-7-16(18)17(19)9-8-15-13(4)11(2)10-12(3)14(15)5/h10,16-17,19H,6-9,18H2,1-5H3. The van der Waals surface area contributed by atoms with E-state index in [0.29, 0.717) is 0 Å². The molecule has 2 heteroatoms. The van der Waals surface area contributed by atoms with Gasteiger partial charge in [0, 0.05) is 6.04 Å². The van der Waals surface area contributed by atoms with Crippen molar-refractivity contribution in [3.63, 3.8) is 0 Å². The van der Waals surface area contributed by atoms with E-state index in [1.165, 1.54) is 27.8 Å². The van der Waals surface area contributed by atoms with Gasteiger partial charge in [-0.1, -0.05) is 19.4 Å². The lowest BCUT2D eigenvalue weighted by molar-refractivity contribution is 0.131. The highest BCUT2D eigenvalue weighted by atomic mass is 16.3. The van der Waals surface area contributed by atoms with Gasteiger partial charge in [-0.3, -0.25) is 0 Å². The van der Waals surface area contributed by atoms with E-state index in [-0.39, 0.29) is 12.1 Å². The molecule has 0 heterocycles. The van der Waals surface area contributed by atoms with Gasteiger partial charge >= 0.3 is 0 Å². The molecule has 2 nitrogen and oxygen atoms in total. The SMILES string of the molecule is CCCC(N)C(O)CCc1c(C)c(C)cc(C)c1C. The third kappa shape index (κ3) is 4.05. The number of aliphatic hydroxyl groups is 1. The summed E-state index contributed by atoms with van der Waals surface area (Å²) in [7, 11) is 0. The fraction of sp³-hybridized carbons (Fsp3) is 0.647. The van der Waals surface area contributed by atoms with Crippen LogP contribution in [-0.2, 0) is 6.42 Å². The minimum Gasteiger partial charge on any atom is -0.392 e. The third-order valence-corrected chi connectivity index (χ3v) is 4.33. The molecule has 0 bridgehead atoms. The molecule has 2 unspecified atom stereocenters. The molecule has 108 valence electrons. The highest BCUT2D eigenvalue weighted by molar-refractivity contribution is 5.44. The number of aliphatic hydroxyl groups excluding tert-OH is 1. The predicted octanol–water partition coefficient (Wildman–Crippen LogP) is 3.34. The molecule has 0 aliphatic rings. The number of aryl methyl sites for hydroxylation is 2. The topological polar surface area (TPSA) is 46.2 Å². The maximum absolute atomic E-state index is 10.1. The fourth-order valence-electron chi connectivity index (χ4n) is 2.71. The normalized spacial score (nSPS) is 14.5. The summed E-state index contributed by atoms with van der Waals surface area (Å²) in [4.78, 5) is 0. The van der Waals surface area contributed by atoms with Crippen molar-refractivity contribution in [2.24, 2.45) is 5.73 Å². The summed E-state index contributed by atoms with van der Waals surface area (Å²) in [6.07, 6.45) is 3.20. The van der Waals surface area contributed by atoms with Crippen molar-refractivity contribution in [3.05, 3.63) is 33.9 Å². The Balaban J connectivity index is 2.78. The summed E-state index contributed by atoms with van der Waals surface area (Å²) in [5, 5.41) is 10.1. The van der Waals surface area contributed by atoms with Gasteiger partial charge in [0.2, 0.25) is 0 Å². The summed E-state index contributed by atoms with van der Waals surface area (Å²) in [5.41, 5.74) is 12.8. The molecule has 0 amide bonds. The van der Waals surface area contributed by atoms with Crippen LogP contribution in [0.4, 0.5) is 0 Å². The average molecular weight is 263 g/mol. The second-order valence-electron chi connectivity index (χ2n) is 5.80. The zero-order valence-electron chi connectivity index (χ0n) is 13.1. The Morgan fingerprint density at radius 1 is 1.05 bits per heavy atom. The van der Waals surface area contributed by atoms with E-state index in [2.05, 4.69) is 40.7 Å². The quantitative estimate of drug-likeness (QED) is 0.827. The molecule has 2 atom stereocenters. The lowest BCUT2D eigenvalue weighted by Gasteiger charge is -2.20. The van der Waals surface area contributed by atoms with Crippen molar-refractivity contribution in [1.29, 1.82) is 0 Å². The van der Waals surface area contributed by atoms with Gasteiger partial charge in [-0.05, 0) is 74.8 Å². The first-order valence-electron chi connectivity index (χ1n) is 7.38. The Morgan fingerprint density at radius 2 is 1.58 bits per heavy atom. The number of rotatable bonds is 6. The monoisotopic (exact) mass is 263 g/mol. The molecule has 0 radical (unpaired) electrons. The summed E-state index contributed by atoms with van der Waals surface area (Å²) in [6, 6.07) is 2.16. The summed E-state index contributed by atoms with van der Waals surface area (Å²) < 4.78 is 0. The van der Waals surface area contributed by atoms with Crippen molar-refractivity contribution < 1.29 is 5.11 Å². The van der Waals surface area contributed by atoms with Crippen molar-refractivity contribution in [2.75, 3.05) is 0 Å². The van der Waals surface area contributed by atoms with Crippen LogP contribution in [0.2, 0.25) is 0 Å². The smallest absolute Gasteiger partial charge is 0.0694 e. The molecule has 0 aliphatic carbocycles. The Hall–Kier alpha value is -0.860. The van der Waals surface area contributed by atoms with E-state index < -0.39 is 0 Å². The third-order valence-electron chi connectivity index (χ3n) is 4.33. The number of nitrogens with two attached hydrogens (primary N) is 1. The molecule has 3 N–H and O–H groups in total. The molecule has 0 saturated heterocycles. The lowest BCUT2D eigenvalue weighted by atomic mass is 9.90. The molecule has 1 aromatic carbocycles. The number of benzene rings is 1. The van der Waals surface area contributed by atoms with Crippen molar-refractivity contribution >= 4 is 0 Å². The van der Waals surface area contributed by atoms with Crippen molar-refractivity contribution in [2.45, 2.75) is 72.4 Å². The second-order valence-corrected chi connectivity index (χ2v) is 5.80. The van der Waals surface area contributed by atoms with E-state index in [1.54, 1.807) is 0 Å². The molecular weight excluding hydrogens is 234 g/mol. The maximum atomic E-state index is 10.1. The zero-order valence-corrected chi connectivity index (χ0v) is 13.1. The summed E-state index contributed by atoms with van der Waals surface area (Å²) in [6.45, 7) is 10.8. The minimum atomic E-state index is -0.389. The van der Waals surface area contributed by atoms with Crippen molar-refractivity contribution in [1.82, 2.24) is 0 Å². The molecule has 1 aromatic rings. The van der Waals surface area contributed by atoms with Crippen LogP contribution in [0.15, 0.2) is 6.07 Å². The van der Waals surface area contributed by atoms with Crippen LogP contribution in [0.3, 0.4) is 0 Å². The fourth-order valence-corrected chi connectivity index (χ4v) is 2.71. The van der Waals surface area contributed by atoms with Crippen molar-refractivity contribution in [3.8, 4) is 0 Å². The van der Waals surface area contributed by atoms with Crippen LogP contribution in [0, 0.1) is 27.7 Å². The minimum absolute atomic E-state index is 0.0866. The van der Waals surface area contributed by atoms with Crippen LogP contribution in [-0.4, -0.2) is 17.3 Å². The Kier molecular flexibility index (Phi) is 6.02. The van der Waals surface area contributed by atoms with Gasteiger partial charge in [0.15, 0.2) is 0 Å². The van der Waals surface area contributed by atoms with E-state index in [0.717, 1.165) is 25.7 Å². The van der Waals surface area contributed by atoms with Gasteiger partial charge in [-0.15, -0.1) is 0 Å². The Bertz CT molecular complexity index is 400. The molecule has 0 fully saturated rings. The lowest BCUT2D eigenvalue weighted by Crippen LogP contribution is -2.34. The van der Waals surface area contributed by atoms with Gasteiger partial charge in [0.1, 0.15) is 0 Å². The van der Waals surface area contributed by atoms with E-state index in [1.807, 2.05) is 0 Å². The largest absolute Gasteiger partial charge is 0.392 e. The summed E-state index contributed by atoms with van der Waals surface area (Å²) in [5.74, 6) is 0. The zero-order chi connectivity index (χ0) is 14.6. The Morgan fingerprint density at radius 3 is 2.05 bits per heavy atom. The van der Waals surface area contributed by atoms with Crippen LogP contribution in [0.25, 0.3) is 0 Å². The van der Waals surface area contributed by atoms with Gasteiger partial charge in [-0.25, -0.2) is 0 Å². The highest BCUT2D eigenvalue weighted by Gasteiger charge is 2.15. The van der Waals surface area contributed by atoms with Gasteiger partial charge < -0.3 is 10.8 Å². The van der Waals surface area contributed by atoms with Crippen LogP contribution in [0.1, 0.15) is 54.0 Å². The predicted molar refractivity (Wildman–Crippen MR) is 82.6 cm³/mol. The first-order valence-corrected chi connectivity index (χ1v) is 7.38. The van der Waals surface area contributed by atoms with Gasteiger partial charge in [0.05, 0.1) is 6.10 Å². The molecule has 19 heavy (non-hydrogen) atoms. The molecule has 0 spiro atoms. The van der Waals surface area contributed by atoms with E-state index >= 15 is 0 Å². The number of hydrogen-bond donors (Lipinski definition) is 2. The van der Waals surface area contributed by atoms with Crippen LogP contribution < -0.4 is 5.73 Å². The maximum Gasteiger partial charge on any atom is 0.0694 e. The molecule has 0 saturated carbocycles. The van der Waals surface area contributed by atoms with Crippen LogP contribution in [0.5, 0.6) is 0 Å². The molecule has 0 aliphatic heterocycles. The second kappa shape index (κ2) is 7.06. The van der Waals surface area contributed by atoms with E-state index in [4.69, 9.17) is 5.73 Å². The summed E-state index contributed by atoms with van der Waals surface area (Å²) >= 11 is 0. The van der Waals surface area contributed by atoms with Crippen LogP contribution >= 0.6 is 0 Å². The first-order chi connectivity index (χ1) is 8.88. The van der Waals surface area contributed by atoms with Gasteiger partial charge in [-0.2, -0.15) is 0 Å². The highest BCUT2D eigenvalue weighted by Crippen LogP contribution is 2.23. The van der Waals surface area contributed by atoms with E-state index in [9.17, 15) is 5.11 Å². The number of hydrogen-bond acceptors (Lipinski definition) is 2. The molecule has 0 aromatic heterocycles. The molecule has 1 rings (SSSR count). The average Bonchev–Trinajstić information content (AvgIpc) is 2.36. The molecular formula is C17H29NO.